The van der Waals surface area contributed by atoms with Gasteiger partial charge in [-0.15, -0.1) is 5.10 Å². The van der Waals surface area contributed by atoms with E-state index < -0.39 is 0 Å². The van der Waals surface area contributed by atoms with Crippen molar-refractivity contribution in [2.24, 2.45) is 0 Å². The summed E-state index contributed by atoms with van der Waals surface area (Å²) >= 11 is 0. The minimum atomic E-state index is 0.768. The number of rotatable bonds is 4. The van der Waals surface area contributed by atoms with E-state index in [1.54, 1.807) is 0 Å². The average molecular weight is 242 g/mol. The number of hydrogen-bond acceptors (Lipinski definition) is 3. The van der Waals surface area contributed by atoms with Gasteiger partial charge in [-0.3, -0.25) is 0 Å². The van der Waals surface area contributed by atoms with E-state index in [-0.39, 0.29) is 0 Å². The van der Waals surface area contributed by atoms with Crippen LogP contribution in [0.1, 0.15) is 28.8 Å². The van der Waals surface area contributed by atoms with E-state index in [9.17, 15) is 0 Å². The fourth-order valence-corrected chi connectivity index (χ4v) is 2.59. The standard InChI is InChI=1S/C14H18N4/c1-15-8-14-10-18(17-16-14)9-11-5-6-12-3-2-4-13(12)7-11/h5-7,10,15H,2-4,8-9H2,1H3. The monoisotopic (exact) mass is 242 g/mol. The Morgan fingerprint density at radius 3 is 3.06 bits per heavy atom. The van der Waals surface area contributed by atoms with Crippen LogP contribution in [0.15, 0.2) is 24.4 Å². The molecule has 0 spiro atoms. The normalized spacial score (nSPS) is 13.8. The fraction of sp³-hybridized carbons (Fsp3) is 0.429. The van der Waals surface area contributed by atoms with Crippen LogP contribution >= 0.6 is 0 Å². The highest BCUT2D eigenvalue weighted by Crippen LogP contribution is 2.23. The van der Waals surface area contributed by atoms with E-state index in [1.807, 2.05) is 17.9 Å². The Bertz CT molecular complexity index is 544. The molecule has 1 heterocycles. The Morgan fingerprint density at radius 1 is 1.28 bits per heavy atom. The number of nitrogens with zero attached hydrogens (tertiary/aromatic N) is 3. The van der Waals surface area contributed by atoms with Gasteiger partial charge in [-0.25, -0.2) is 4.68 Å². The smallest absolute Gasteiger partial charge is 0.0964 e. The van der Waals surface area contributed by atoms with Gasteiger partial charge in [-0.05, 0) is 43.0 Å². The van der Waals surface area contributed by atoms with Gasteiger partial charge in [-0.1, -0.05) is 23.4 Å². The maximum Gasteiger partial charge on any atom is 0.0964 e. The lowest BCUT2D eigenvalue weighted by molar-refractivity contribution is 0.648. The van der Waals surface area contributed by atoms with E-state index in [0.717, 1.165) is 18.8 Å². The maximum atomic E-state index is 4.15. The van der Waals surface area contributed by atoms with Gasteiger partial charge < -0.3 is 5.32 Å². The second-order valence-corrected chi connectivity index (χ2v) is 4.89. The number of aryl methyl sites for hydroxylation is 2. The molecule has 1 aliphatic rings. The van der Waals surface area contributed by atoms with Crippen molar-refractivity contribution in [2.45, 2.75) is 32.4 Å². The summed E-state index contributed by atoms with van der Waals surface area (Å²) in [6.45, 7) is 1.58. The van der Waals surface area contributed by atoms with Gasteiger partial charge in [0.2, 0.25) is 0 Å². The Hall–Kier alpha value is -1.68. The number of aromatic nitrogens is 3. The lowest BCUT2D eigenvalue weighted by Gasteiger charge is -2.04. The van der Waals surface area contributed by atoms with Gasteiger partial charge in [-0.2, -0.15) is 0 Å². The van der Waals surface area contributed by atoms with E-state index in [0.29, 0.717) is 0 Å². The summed E-state index contributed by atoms with van der Waals surface area (Å²) in [6.07, 6.45) is 5.77. The van der Waals surface area contributed by atoms with E-state index in [1.165, 1.54) is 36.0 Å². The van der Waals surface area contributed by atoms with Gasteiger partial charge in [0.25, 0.3) is 0 Å². The third kappa shape index (κ3) is 2.29. The Labute approximate surface area is 107 Å². The van der Waals surface area contributed by atoms with E-state index >= 15 is 0 Å². The Kier molecular flexibility index (Phi) is 3.11. The third-order valence-corrected chi connectivity index (χ3v) is 3.45. The van der Waals surface area contributed by atoms with Gasteiger partial charge in [0.1, 0.15) is 0 Å². The molecular weight excluding hydrogens is 224 g/mol. The zero-order valence-electron chi connectivity index (χ0n) is 10.7. The first-order valence-corrected chi connectivity index (χ1v) is 6.49. The van der Waals surface area contributed by atoms with Crippen molar-refractivity contribution in [2.75, 3.05) is 7.05 Å². The van der Waals surface area contributed by atoms with Crippen LogP contribution in [0.5, 0.6) is 0 Å². The molecule has 0 fully saturated rings. The summed E-state index contributed by atoms with van der Waals surface area (Å²) in [4.78, 5) is 0. The van der Waals surface area contributed by atoms with Crippen molar-refractivity contribution in [3.63, 3.8) is 0 Å². The quantitative estimate of drug-likeness (QED) is 0.884. The lowest BCUT2D eigenvalue weighted by atomic mass is 10.1. The van der Waals surface area contributed by atoms with Gasteiger partial charge in [0, 0.05) is 6.54 Å². The summed E-state index contributed by atoms with van der Waals surface area (Å²) in [5.41, 5.74) is 5.34. The molecule has 0 amide bonds. The zero-order valence-corrected chi connectivity index (χ0v) is 10.7. The summed E-state index contributed by atoms with van der Waals surface area (Å²) < 4.78 is 1.91. The van der Waals surface area contributed by atoms with Crippen LogP contribution in [-0.4, -0.2) is 22.0 Å². The molecule has 0 saturated carbocycles. The first-order chi connectivity index (χ1) is 8.85. The van der Waals surface area contributed by atoms with Crippen molar-refractivity contribution in [1.29, 1.82) is 0 Å². The van der Waals surface area contributed by atoms with Crippen LogP contribution in [0.3, 0.4) is 0 Å². The molecule has 18 heavy (non-hydrogen) atoms. The van der Waals surface area contributed by atoms with Crippen molar-refractivity contribution in [3.05, 3.63) is 46.8 Å². The molecule has 1 N–H and O–H groups in total. The molecule has 0 radical (unpaired) electrons. The van der Waals surface area contributed by atoms with Crippen LogP contribution in [0.25, 0.3) is 0 Å². The molecule has 0 unspecified atom stereocenters. The first-order valence-electron chi connectivity index (χ1n) is 6.49. The highest BCUT2D eigenvalue weighted by molar-refractivity contribution is 5.35. The molecule has 2 aromatic rings. The molecule has 0 bridgehead atoms. The molecule has 0 saturated heterocycles. The van der Waals surface area contributed by atoms with E-state index in [4.69, 9.17) is 0 Å². The number of nitrogens with one attached hydrogen (secondary N) is 1. The lowest BCUT2D eigenvalue weighted by Crippen LogP contribution is -2.05. The molecule has 0 aliphatic heterocycles. The minimum Gasteiger partial charge on any atom is -0.314 e. The summed E-state index contributed by atoms with van der Waals surface area (Å²) in [7, 11) is 1.92. The Morgan fingerprint density at radius 2 is 2.17 bits per heavy atom. The fourth-order valence-electron chi connectivity index (χ4n) is 2.59. The van der Waals surface area contributed by atoms with E-state index in [2.05, 4.69) is 33.8 Å². The highest BCUT2D eigenvalue weighted by atomic mass is 15.4. The highest BCUT2D eigenvalue weighted by Gasteiger charge is 2.11. The first kappa shape index (κ1) is 11.4. The summed E-state index contributed by atoms with van der Waals surface area (Å²) in [6, 6.07) is 6.80. The van der Waals surface area contributed by atoms with Crippen LogP contribution < -0.4 is 5.32 Å². The molecule has 1 aromatic heterocycles. The number of fused-ring (bicyclic) bond motifs is 1. The van der Waals surface area contributed by atoms with Gasteiger partial charge in [0.15, 0.2) is 0 Å². The molecule has 0 atom stereocenters. The van der Waals surface area contributed by atoms with Crippen LogP contribution in [0.4, 0.5) is 0 Å². The van der Waals surface area contributed by atoms with Crippen LogP contribution in [0.2, 0.25) is 0 Å². The molecule has 4 nitrogen and oxygen atoms in total. The number of hydrogen-bond donors (Lipinski definition) is 1. The van der Waals surface area contributed by atoms with Crippen molar-refractivity contribution < 1.29 is 0 Å². The average Bonchev–Trinajstić information content (AvgIpc) is 2.98. The summed E-state index contributed by atoms with van der Waals surface area (Å²) in [5.74, 6) is 0. The minimum absolute atomic E-state index is 0.768. The summed E-state index contributed by atoms with van der Waals surface area (Å²) in [5, 5.41) is 11.4. The van der Waals surface area contributed by atoms with Crippen molar-refractivity contribution in [3.8, 4) is 0 Å². The Balaban J connectivity index is 1.75. The predicted molar refractivity (Wildman–Crippen MR) is 70.4 cm³/mol. The molecular formula is C14H18N4. The van der Waals surface area contributed by atoms with Gasteiger partial charge in [0.05, 0.1) is 18.4 Å². The molecule has 4 heteroatoms. The molecule has 1 aliphatic carbocycles. The van der Waals surface area contributed by atoms with Crippen LogP contribution in [0, 0.1) is 0 Å². The third-order valence-electron chi connectivity index (χ3n) is 3.45. The second kappa shape index (κ2) is 4.90. The zero-order chi connectivity index (χ0) is 12.4. The van der Waals surface area contributed by atoms with Crippen molar-refractivity contribution in [1.82, 2.24) is 20.3 Å². The van der Waals surface area contributed by atoms with Crippen molar-refractivity contribution >= 4 is 0 Å². The predicted octanol–water partition coefficient (Wildman–Crippen LogP) is 1.53. The second-order valence-electron chi connectivity index (χ2n) is 4.89. The molecule has 3 rings (SSSR count). The van der Waals surface area contributed by atoms with Crippen LogP contribution in [-0.2, 0) is 25.9 Å². The molecule has 1 aromatic carbocycles. The SMILES string of the molecule is CNCc1cn(Cc2ccc3c(c2)CCC3)nn1. The largest absolute Gasteiger partial charge is 0.314 e. The number of benzene rings is 1. The van der Waals surface area contributed by atoms with Gasteiger partial charge >= 0.3 is 0 Å². The molecule has 94 valence electrons. The topological polar surface area (TPSA) is 42.7 Å². The maximum absolute atomic E-state index is 4.15.